The first kappa shape index (κ1) is 22.7. The molecule has 0 saturated carbocycles. The predicted octanol–water partition coefficient (Wildman–Crippen LogP) is 2.81. The molecule has 0 fully saturated rings. The van der Waals surface area contributed by atoms with Gasteiger partial charge in [-0.2, -0.15) is 0 Å². The molecular formula is C18H31IN4O. The van der Waals surface area contributed by atoms with Crippen LogP contribution < -0.4 is 16.0 Å². The summed E-state index contributed by atoms with van der Waals surface area (Å²) in [5.41, 5.74) is 1.83. The number of carbonyl (C=O) groups excluding carboxylic acids is 1. The van der Waals surface area contributed by atoms with E-state index in [1.165, 1.54) is 0 Å². The van der Waals surface area contributed by atoms with Gasteiger partial charge in [0.1, 0.15) is 0 Å². The molecule has 0 heterocycles. The lowest BCUT2D eigenvalue weighted by Gasteiger charge is -2.12. The van der Waals surface area contributed by atoms with Crippen LogP contribution in [0.3, 0.4) is 0 Å². The molecule has 0 aliphatic rings. The van der Waals surface area contributed by atoms with E-state index in [-0.39, 0.29) is 29.9 Å². The maximum atomic E-state index is 11.7. The van der Waals surface area contributed by atoms with Gasteiger partial charge in [0.2, 0.25) is 0 Å². The van der Waals surface area contributed by atoms with E-state index in [1.807, 2.05) is 24.3 Å². The van der Waals surface area contributed by atoms with E-state index >= 15 is 0 Å². The van der Waals surface area contributed by atoms with Gasteiger partial charge in [0, 0.05) is 32.2 Å². The second kappa shape index (κ2) is 13.0. The molecule has 0 unspecified atom stereocenters. The summed E-state index contributed by atoms with van der Waals surface area (Å²) < 4.78 is 0. The van der Waals surface area contributed by atoms with Crippen LogP contribution in [0, 0.1) is 5.92 Å². The molecule has 6 heteroatoms. The van der Waals surface area contributed by atoms with E-state index in [9.17, 15) is 4.79 Å². The van der Waals surface area contributed by atoms with Crippen LogP contribution in [0.15, 0.2) is 29.3 Å². The number of nitrogens with zero attached hydrogens (tertiary/aromatic N) is 1. The van der Waals surface area contributed by atoms with Gasteiger partial charge in [0.25, 0.3) is 5.91 Å². The van der Waals surface area contributed by atoms with E-state index in [4.69, 9.17) is 0 Å². The molecule has 1 amide bonds. The fourth-order valence-corrected chi connectivity index (χ4v) is 2.11. The lowest BCUT2D eigenvalue weighted by molar-refractivity contribution is 0.0963. The third-order valence-electron chi connectivity index (χ3n) is 3.44. The van der Waals surface area contributed by atoms with Gasteiger partial charge in [0.05, 0.1) is 0 Å². The van der Waals surface area contributed by atoms with Gasteiger partial charge < -0.3 is 16.0 Å². The highest BCUT2D eigenvalue weighted by atomic mass is 127. The Morgan fingerprint density at radius 1 is 1.25 bits per heavy atom. The summed E-state index contributed by atoms with van der Waals surface area (Å²) in [6.07, 6.45) is 1.93. The Morgan fingerprint density at radius 3 is 2.62 bits per heavy atom. The van der Waals surface area contributed by atoms with Crippen molar-refractivity contribution in [1.82, 2.24) is 16.0 Å². The highest BCUT2D eigenvalue weighted by Gasteiger charge is 2.04. The minimum Gasteiger partial charge on any atom is -0.357 e. The number of rotatable bonds is 8. The Labute approximate surface area is 163 Å². The van der Waals surface area contributed by atoms with Crippen LogP contribution in [0.5, 0.6) is 0 Å². The van der Waals surface area contributed by atoms with Gasteiger partial charge in [-0.05, 0) is 43.4 Å². The lowest BCUT2D eigenvalue weighted by atomic mass is 10.1. The largest absolute Gasteiger partial charge is 0.357 e. The van der Waals surface area contributed by atoms with E-state index in [2.05, 4.69) is 41.7 Å². The Balaban J connectivity index is 0.00000529. The highest BCUT2D eigenvalue weighted by Crippen LogP contribution is 2.05. The van der Waals surface area contributed by atoms with Crippen molar-refractivity contribution >= 4 is 35.8 Å². The number of nitrogens with one attached hydrogen (secondary N) is 3. The molecule has 1 aromatic rings. The summed E-state index contributed by atoms with van der Waals surface area (Å²) >= 11 is 0. The summed E-state index contributed by atoms with van der Waals surface area (Å²) in [5.74, 6) is 1.47. The minimum absolute atomic E-state index is 0. The Morgan fingerprint density at radius 2 is 2.00 bits per heavy atom. The second-order valence-corrected chi connectivity index (χ2v) is 5.90. The first-order chi connectivity index (χ1) is 11.1. The number of amides is 1. The Bertz CT molecular complexity index is 517. The molecule has 5 nitrogen and oxygen atoms in total. The topological polar surface area (TPSA) is 65.5 Å². The maximum Gasteiger partial charge on any atom is 0.251 e. The fraction of sp³-hybridized carbons (Fsp3) is 0.556. The fourth-order valence-electron chi connectivity index (χ4n) is 2.11. The summed E-state index contributed by atoms with van der Waals surface area (Å²) in [4.78, 5) is 16.2. The number of hydrogen-bond acceptors (Lipinski definition) is 2. The molecule has 0 spiro atoms. The Kier molecular flexibility index (Phi) is 12.3. The Hall–Kier alpha value is -1.31. The normalized spacial score (nSPS) is 11.0. The molecule has 24 heavy (non-hydrogen) atoms. The van der Waals surface area contributed by atoms with Crippen molar-refractivity contribution in [2.45, 2.75) is 33.6 Å². The van der Waals surface area contributed by atoms with Crippen molar-refractivity contribution in [2.75, 3.05) is 26.7 Å². The second-order valence-electron chi connectivity index (χ2n) is 5.90. The van der Waals surface area contributed by atoms with Gasteiger partial charge in [0.15, 0.2) is 5.96 Å². The molecule has 0 aromatic heterocycles. The van der Waals surface area contributed by atoms with Crippen molar-refractivity contribution in [3.05, 3.63) is 35.4 Å². The van der Waals surface area contributed by atoms with E-state index in [1.54, 1.807) is 7.05 Å². The van der Waals surface area contributed by atoms with E-state index in [0.29, 0.717) is 11.5 Å². The third-order valence-corrected chi connectivity index (χ3v) is 3.44. The zero-order valence-corrected chi connectivity index (χ0v) is 17.5. The van der Waals surface area contributed by atoms with Crippen LogP contribution in [-0.4, -0.2) is 38.5 Å². The molecule has 0 atom stereocenters. The SMILES string of the molecule is CCNC(=NCCC(C)C)NCCc1cccc(C(=O)NC)c1.I. The third kappa shape index (κ3) is 9.10. The van der Waals surface area contributed by atoms with Crippen molar-refractivity contribution in [3.8, 4) is 0 Å². The van der Waals surface area contributed by atoms with Crippen molar-refractivity contribution in [3.63, 3.8) is 0 Å². The summed E-state index contributed by atoms with van der Waals surface area (Å²) in [7, 11) is 1.65. The average molecular weight is 446 g/mol. The van der Waals surface area contributed by atoms with Gasteiger partial charge in [-0.1, -0.05) is 26.0 Å². The number of halogens is 1. The number of benzene rings is 1. The molecule has 1 aromatic carbocycles. The summed E-state index contributed by atoms with van der Waals surface area (Å²) in [5, 5.41) is 9.25. The van der Waals surface area contributed by atoms with Crippen LogP contribution in [0.25, 0.3) is 0 Å². The maximum absolute atomic E-state index is 11.7. The van der Waals surface area contributed by atoms with Crippen molar-refractivity contribution in [2.24, 2.45) is 10.9 Å². The quantitative estimate of drug-likeness (QED) is 0.327. The number of aliphatic imine (C=N–C) groups is 1. The van der Waals surface area contributed by atoms with Crippen LogP contribution in [0.4, 0.5) is 0 Å². The van der Waals surface area contributed by atoms with Crippen LogP contribution >= 0.6 is 24.0 Å². The van der Waals surface area contributed by atoms with Crippen LogP contribution in [-0.2, 0) is 6.42 Å². The standard InChI is InChI=1S/C18H30N4O.HI/c1-5-20-18(21-11-9-14(2)3)22-12-10-15-7-6-8-16(13-15)17(23)19-4;/h6-8,13-14H,5,9-12H2,1-4H3,(H,19,23)(H2,20,21,22);1H. The zero-order chi connectivity index (χ0) is 17.1. The first-order valence-corrected chi connectivity index (χ1v) is 8.40. The smallest absolute Gasteiger partial charge is 0.251 e. The average Bonchev–Trinajstić information content (AvgIpc) is 2.54. The molecule has 1 rings (SSSR count). The van der Waals surface area contributed by atoms with Crippen LogP contribution in [0.1, 0.15) is 43.1 Å². The van der Waals surface area contributed by atoms with Gasteiger partial charge >= 0.3 is 0 Å². The first-order valence-electron chi connectivity index (χ1n) is 8.40. The molecule has 0 aliphatic heterocycles. The molecule has 0 aliphatic carbocycles. The van der Waals surface area contributed by atoms with Gasteiger partial charge in [-0.25, -0.2) is 0 Å². The highest BCUT2D eigenvalue weighted by molar-refractivity contribution is 14.0. The molecular weight excluding hydrogens is 415 g/mol. The van der Waals surface area contributed by atoms with Gasteiger partial charge in [-0.3, -0.25) is 9.79 Å². The predicted molar refractivity (Wildman–Crippen MR) is 112 cm³/mol. The molecule has 136 valence electrons. The lowest BCUT2D eigenvalue weighted by Crippen LogP contribution is -2.38. The minimum atomic E-state index is -0.0524. The number of carbonyl (C=O) groups is 1. The molecule has 0 radical (unpaired) electrons. The van der Waals surface area contributed by atoms with Gasteiger partial charge in [-0.15, -0.1) is 24.0 Å². The number of hydrogen-bond donors (Lipinski definition) is 3. The van der Waals surface area contributed by atoms with E-state index in [0.717, 1.165) is 44.0 Å². The number of guanidine groups is 1. The van der Waals surface area contributed by atoms with Crippen LogP contribution in [0.2, 0.25) is 0 Å². The summed E-state index contributed by atoms with van der Waals surface area (Å²) in [6, 6.07) is 7.72. The monoisotopic (exact) mass is 446 g/mol. The van der Waals surface area contributed by atoms with Crippen molar-refractivity contribution in [1.29, 1.82) is 0 Å². The molecule has 0 saturated heterocycles. The molecule has 3 N–H and O–H groups in total. The summed E-state index contributed by atoms with van der Waals surface area (Å²) in [6.45, 7) is 8.93. The zero-order valence-electron chi connectivity index (χ0n) is 15.2. The van der Waals surface area contributed by atoms with E-state index < -0.39 is 0 Å². The van der Waals surface area contributed by atoms with Crippen molar-refractivity contribution < 1.29 is 4.79 Å². The molecule has 0 bridgehead atoms.